The van der Waals surface area contributed by atoms with Gasteiger partial charge in [0.05, 0.1) is 12.1 Å². The molecular formula is C16H20F6N4. The Balaban J connectivity index is 1.81. The van der Waals surface area contributed by atoms with Gasteiger partial charge < -0.3 is 10.6 Å². The predicted molar refractivity (Wildman–Crippen MR) is 85.7 cm³/mol. The van der Waals surface area contributed by atoms with Crippen molar-refractivity contribution in [3.63, 3.8) is 0 Å². The second kappa shape index (κ2) is 8.15. The molecule has 4 nitrogen and oxygen atoms in total. The van der Waals surface area contributed by atoms with Gasteiger partial charge in [-0.15, -0.1) is 0 Å². The Hall–Kier alpha value is -1.97. The number of aliphatic imine (C=N–C) groups is 1. The average Bonchev–Trinajstić information content (AvgIpc) is 2.96. The minimum Gasteiger partial charge on any atom is -0.352 e. The Morgan fingerprint density at radius 1 is 1.15 bits per heavy atom. The van der Waals surface area contributed by atoms with Crippen LogP contribution in [-0.2, 0) is 12.7 Å². The first kappa shape index (κ1) is 20.3. The van der Waals surface area contributed by atoms with Crippen molar-refractivity contribution in [1.29, 1.82) is 0 Å². The Kier molecular flexibility index (Phi) is 6.38. The third-order valence-corrected chi connectivity index (χ3v) is 3.98. The molecule has 2 rings (SSSR count). The lowest BCUT2D eigenvalue weighted by molar-refractivity contribution is -0.143. The van der Waals surface area contributed by atoms with E-state index < -0.39 is 24.5 Å². The zero-order chi connectivity index (χ0) is 19.4. The van der Waals surface area contributed by atoms with Crippen LogP contribution in [0.1, 0.15) is 17.5 Å². The number of rotatable bonds is 4. The summed E-state index contributed by atoms with van der Waals surface area (Å²) in [6.45, 7) is -0.104. The number of halogens is 6. The van der Waals surface area contributed by atoms with Crippen molar-refractivity contribution >= 4 is 5.96 Å². The second-order valence-electron chi connectivity index (χ2n) is 6.10. The predicted octanol–water partition coefficient (Wildman–Crippen LogP) is 3.01. The summed E-state index contributed by atoms with van der Waals surface area (Å²) in [7, 11) is 1.52. The fourth-order valence-electron chi connectivity index (χ4n) is 2.73. The Morgan fingerprint density at radius 3 is 2.35 bits per heavy atom. The fraction of sp³-hybridized carbons (Fsp3) is 0.562. The van der Waals surface area contributed by atoms with Crippen molar-refractivity contribution < 1.29 is 26.3 Å². The number of nitrogens with one attached hydrogen (secondary N) is 2. The van der Waals surface area contributed by atoms with E-state index in [2.05, 4.69) is 15.6 Å². The average molecular weight is 382 g/mol. The van der Waals surface area contributed by atoms with Gasteiger partial charge in [0.2, 0.25) is 0 Å². The highest BCUT2D eigenvalue weighted by Crippen LogP contribution is 2.29. The number of likely N-dealkylation sites (tertiary alicyclic amines) is 1. The van der Waals surface area contributed by atoms with Gasteiger partial charge in [0, 0.05) is 32.7 Å². The van der Waals surface area contributed by atoms with E-state index in [1.54, 1.807) is 0 Å². The van der Waals surface area contributed by atoms with Crippen molar-refractivity contribution in [2.75, 3.05) is 26.7 Å². The molecule has 146 valence electrons. The molecule has 1 aromatic rings. The van der Waals surface area contributed by atoms with Gasteiger partial charge in [0.15, 0.2) is 5.96 Å². The molecule has 0 radical (unpaired) electrons. The lowest BCUT2D eigenvalue weighted by Crippen LogP contribution is -2.44. The standard InChI is InChI=1S/C16H20F6N4/c1-23-14(25-13-6-7-26(9-13)10-15(17,18)19)24-8-11-2-4-12(5-3-11)16(20,21)22/h2-5,13H,6-10H2,1H3,(H2,23,24,25). The number of benzene rings is 1. The quantitative estimate of drug-likeness (QED) is 0.478. The summed E-state index contributed by atoms with van der Waals surface area (Å²) in [5.41, 5.74) is -0.0921. The van der Waals surface area contributed by atoms with Gasteiger partial charge in [-0.2, -0.15) is 26.3 Å². The third-order valence-electron chi connectivity index (χ3n) is 3.98. The molecule has 2 N–H and O–H groups in total. The molecule has 1 aromatic carbocycles. The van der Waals surface area contributed by atoms with E-state index in [1.807, 2.05) is 0 Å². The van der Waals surface area contributed by atoms with E-state index in [0.717, 1.165) is 12.1 Å². The van der Waals surface area contributed by atoms with E-state index in [0.29, 0.717) is 24.5 Å². The molecule has 26 heavy (non-hydrogen) atoms. The monoisotopic (exact) mass is 382 g/mol. The van der Waals surface area contributed by atoms with E-state index in [1.165, 1.54) is 24.1 Å². The van der Waals surface area contributed by atoms with Crippen LogP contribution in [0.4, 0.5) is 26.3 Å². The summed E-state index contributed by atoms with van der Waals surface area (Å²) in [4.78, 5) is 5.32. The number of alkyl halides is 6. The molecule has 0 spiro atoms. The molecule has 1 aliphatic rings. The zero-order valence-electron chi connectivity index (χ0n) is 14.1. The SMILES string of the molecule is CN=C(NCc1ccc(C(F)(F)F)cc1)NC1CCN(CC(F)(F)F)C1. The third kappa shape index (κ3) is 6.40. The number of nitrogens with zero attached hydrogens (tertiary/aromatic N) is 2. The molecule has 0 amide bonds. The Bertz CT molecular complexity index is 609. The summed E-state index contributed by atoms with van der Waals surface area (Å²) in [6.07, 6.45) is -8.05. The smallest absolute Gasteiger partial charge is 0.352 e. The van der Waals surface area contributed by atoms with Crippen LogP contribution >= 0.6 is 0 Å². The van der Waals surface area contributed by atoms with Gasteiger partial charge in [-0.1, -0.05) is 12.1 Å². The highest BCUT2D eigenvalue weighted by Gasteiger charge is 2.34. The zero-order valence-corrected chi connectivity index (χ0v) is 14.1. The minimum absolute atomic E-state index is 0.170. The van der Waals surface area contributed by atoms with Gasteiger partial charge in [-0.25, -0.2) is 0 Å². The fourth-order valence-corrected chi connectivity index (χ4v) is 2.73. The maximum atomic E-state index is 12.5. The maximum absolute atomic E-state index is 12.5. The van der Waals surface area contributed by atoms with Crippen LogP contribution in [0.3, 0.4) is 0 Å². The van der Waals surface area contributed by atoms with E-state index in [4.69, 9.17) is 0 Å². The molecule has 1 saturated heterocycles. The van der Waals surface area contributed by atoms with Gasteiger partial charge in [0.25, 0.3) is 0 Å². The second-order valence-corrected chi connectivity index (χ2v) is 6.10. The largest absolute Gasteiger partial charge is 0.416 e. The molecular weight excluding hydrogens is 362 g/mol. The summed E-state index contributed by atoms with van der Waals surface area (Å²) < 4.78 is 74.8. The van der Waals surface area contributed by atoms with Crippen LogP contribution in [0, 0.1) is 0 Å². The molecule has 0 aromatic heterocycles. The van der Waals surface area contributed by atoms with Crippen LogP contribution in [-0.4, -0.2) is 49.8 Å². The van der Waals surface area contributed by atoms with Crippen LogP contribution < -0.4 is 10.6 Å². The van der Waals surface area contributed by atoms with Crippen LogP contribution in [0.25, 0.3) is 0 Å². The minimum atomic E-state index is -4.38. The van der Waals surface area contributed by atoms with Crippen LogP contribution in [0.15, 0.2) is 29.3 Å². The van der Waals surface area contributed by atoms with Gasteiger partial charge in [-0.3, -0.25) is 9.89 Å². The van der Waals surface area contributed by atoms with E-state index >= 15 is 0 Å². The van der Waals surface area contributed by atoms with Crippen molar-refractivity contribution in [1.82, 2.24) is 15.5 Å². The molecule has 0 bridgehead atoms. The van der Waals surface area contributed by atoms with Crippen molar-refractivity contribution in [3.05, 3.63) is 35.4 Å². The molecule has 1 atom stereocenters. The van der Waals surface area contributed by atoms with E-state index in [9.17, 15) is 26.3 Å². The summed E-state index contributed by atoms with van der Waals surface area (Å²) in [5.74, 6) is 0.392. The maximum Gasteiger partial charge on any atom is 0.416 e. The van der Waals surface area contributed by atoms with Crippen LogP contribution in [0.2, 0.25) is 0 Å². The molecule has 10 heteroatoms. The lowest BCUT2D eigenvalue weighted by atomic mass is 10.1. The molecule has 0 saturated carbocycles. The first-order valence-electron chi connectivity index (χ1n) is 7.99. The highest BCUT2D eigenvalue weighted by atomic mass is 19.4. The van der Waals surface area contributed by atoms with Crippen molar-refractivity contribution in [2.45, 2.75) is 31.4 Å². The Labute approximate surface area is 147 Å². The first-order chi connectivity index (χ1) is 12.1. The first-order valence-corrected chi connectivity index (χ1v) is 7.99. The van der Waals surface area contributed by atoms with Gasteiger partial charge in [0.1, 0.15) is 0 Å². The van der Waals surface area contributed by atoms with Crippen molar-refractivity contribution in [2.24, 2.45) is 4.99 Å². The van der Waals surface area contributed by atoms with Crippen molar-refractivity contribution in [3.8, 4) is 0 Å². The summed E-state index contributed by atoms with van der Waals surface area (Å²) in [6, 6.07) is 4.56. The number of guanidine groups is 1. The highest BCUT2D eigenvalue weighted by molar-refractivity contribution is 5.80. The molecule has 1 heterocycles. The topological polar surface area (TPSA) is 39.7 Å². The summed E-state index contributed by atoms with van der Waals surface area (Å²) in [5, 5.41) is 5.99. The molecule has 0 aliphatic carbocycles. The van der Waals surface area contributed by atoms with Gasteiger partial charge >= 0.3 is 12.4 Å². The lowest BCUT2D eigenvalue weighted by Gasteiger charge is -2.20. The number of hydrogen-bond donors (Lipinski definition) is 2. The molecule has 1 aliphatic heterocycles. The van der Waals surface area contributed by atoms with Gasteiger partial charge in [-0.05, 0) is 24.1 Å². The normalized spacial score (nSPS) is 19.7. The molecule has 1 unspecified atom stereocenters. The van der Waals surface area contributed by atoms with Crippen LogP contribution in [0.5, 0.6) is 0 Å². The Morgan fingerprint density at radius 2 is 1.81 bits per heavy atom. The summed E-state index contributed by atoms with van der Waals surface area (Å²) >= 11 is 0. The number of hydrogen-bond acceptors (Lipinski definition) is 2. The van der Waals surface area contributed by atoms with E-state index in [-0.39, 0.29) is 19.1 Å². The molecule has 1 fully saturated rings.